The van der Waals surface area contributed by atoms with Gasteiger partial charge in [-0.3, -0.25) is 24.8 Å². The van der Waals surface area contributed by atoms with Crippen molar-refractivity contribution in [3.8, 4) is 0 Å². The fourth-order valence-corrected chi connectivity index (χ4v) is 3.05. The molecule has 2 aromatic heterocycles. The van der Waals surface area contributed by atoms with E-state index in [1.54, 1.807) is 24.3 Å². The highest BCUT2D eigenvalue weighted by atomic mass is 32.1. The van der Waals surface area contributed by atoms with Crippen molar-refractivity contribution in [2.24, 2.45) is 0 Å². The minimum absolute atomic E-state index is 0.166. The maximum atomic E-state index is 12.4. The van der Waals surface area contributed by atoms with Crippen molar-refractivity contribution in [3.05, 3.63) is 50.0 Å². The lowest BCUT2D eigenvalue weighted by Gasteiger charge is -2.12. The average Bonchev–Trinajstić information content (AvgIpc) is 3.01. The maximum Gasteiger partial charge on any atom is 0.273 e. The smallest absolute Gasteiger partial charge is 0.273 e. The molecule has 0 saturated heterocycles. The first kappa shape index (κ1) is 17.0. The minimum Gasteiger partial charge on any atom is -0.299 e. The van der Waals surface area contributed by atoms with Gasteiger partial charge in [0.05, 0.1) is 10.8 Å². The zero-order valence-electron chi connectivity index (χ0n) is 14.0. The van der Waals surface area contributed by atoms with Gasteiger partial charge in [-0.1, -0.05) is 44.2 Å². The molecular weight excluding hydrogens is 342 g/mol. The Morgan fingerprint density at radius 2 is 1.88 bits per heavy atom. The number of amides is 1. The molecule has 9 heteroatoms. The Kier molecular flexibility index (Phi) is 4.25. The Morgan fingerprint density at radius 3 is 2.52 bits per heavy atom. The van der Waals surface area contributed by atoms with Crippen LogP contribution in [0.4, 0.5) is 5.13 Å². The summed E-state index contributed by atoms with van der Waals surface area (Å²) in [4.78, 5) is 36.6. The fourth-order valence-electron chi connectivity index (χ4n) is 2.24. The van der Waals surface area contributed by atoms with E-state index in [1.165, 1.54) is 11.3 Å². The number of benzene rings is 1. The van der Waals surface area contributed by atoms with E-state index in [0.717, 1.165) is 9.69 Å². The largest absolute Gasteiger partial charge is 0.299 e. The predicted octanol–water partition coefficient (Wildman–Crippen LogP) is 1.48. The number of hydrogen-bond acceptors (Lipinski definition) is 6. The summed E-state index contributed by atoms with van der Waals surface area (Å²) in [6, 6.07) is 6.47. The van der Waals surface area contributed by atoms with Crippen LogP contribution >= 0.6 is 11.3 Å². The third-order valence-corrected chi connectivity index (χ3v) is 4.76. The zero-order valence-corrected chi connectivity index (χ0v) is 14.8. The van der Waals surface area contributed by atoms with Crippen LogP contribution in [0.1, 0.15) is 25.8 Å². The summed E-state index contributed by atoms with van der Waals surface area (Å²) in [5.74, 6) is -0.468. The molecule has 130 valence electrons. The number of anilines is 1. The molecule has 2 N–H and O–H groups in total. The van der Waals surface area contributed by atoms with Crippen molar-refractivity contribution in [3.63, 3.8) is 0 Å². The molecule has 1 amide bonds. The summed E-state index contributed by atoms with van der Waals surface area (Å²) in [6.07, 6.45) is 0. The monoisotopic (exact) mass is 359 g/mol. The Bertz CT molecular complexity index is 1060. The van der Waals surface area contributed by atoms with Gasteiger partial charge >= 0.3 is 0 Å². The van der Waals surface area contributed by atoms with Gasteiger partial charge in [0.25, 0.3) is 11.1 Å². The van der Waals surface area contributed by atoms with Gasteiger partial charge < -0.3 is 0 Å². The van der Waals surface area contributed by atoms with Crippen LogP contribution in [-0.2, 0) is 16.8 Å². The zero-order chi connectivity index (χ0) is 18.2. The number of H-pyrrole nitrogens is 1. The van der Waals surface area contributed by atoms with Gasteiger partial charge in [-0.25, -0.2) is 4.68 Å². The van der Waals surface area contributed by atoms with Gasteiger partial charge in [0, 0.05) is 5.41 Å². The molecule has 0 aliphatic rings. The number of hydrogen-bond donors (Lipinski definition) is 2. The molecule has 0 spiro atoms. The molecule has 0 atom stereocenters. The Morgan fingerprint density at radius 1 is 1.20 bits per heavy atom. The van der Waals surface area contributed by atoms with Crippen LogP contribution in [0.25, 0.3) is 10.8 Å². The second-order valence-corrected chi connectivity index (χ2v) is 7.57. The third-order valence-electron chi connectivity index (χ3n) is 3.50. The van der Waals surface area contributed by atoms with Crippen LogP contribution in [0.5, 0.6) is 0 Å². The summed E-state index contributed by atoms with van der Waals surface area (Å²) in [5.41, 5.74) is -1.02. The SMILES string of the molecule is CC(C)(C)c1nnc(NC(=O)Cn2[nH]c(=O)c3ccccc3c2=O)s1. The molecule has 1 aromatic carbocycles. The molecule has 0 fully saturated rings. The topological polar surface area (TPSA) is 110 Å². The van der Waals surface area contributed by atoms with Gasteiger partial charge in [-0.15, -0.1) is 10.2 Å². The molecule has 3 aromatic rings. The van der Waals surface area contributed by atoms with E-state index >= 15 is 0 Å². The number of rotatable bonds is 3. The van der Waals surface area contributed by atoms with Gasteiger partial charge in [0.1, 0.15) is 11.6 Å². The molecule has 0 bridgehead atoms. The predicted molar refractivity (Wildman–Crippen MR) is 96.1 cm³/mol. The van der Waals surface area contributed by atoms with E-state index in [4.69, 9.17) is 0 Å². The van der Waals surface area contributed by atoms with Crippen LogP contribution in [0.3, 0.4) is 0 Å². The van der Waals surface area contributed by atoms with E-state index in [1.807, 2.05) is 20.8 Å². The highest BCUT2D eigenvalue weighted by Gasteiger charge is 2.20. The van der Waals surface area contributed by atoms with E-state index < -0.39 is 17.0 Å². The molecular formula is C16H17N5O3S. The normalized spacial score (nSPS) is 11.6. The number of carbonyl (C=O) groups is 1. The standard InChI is InChI=1S/C16H17N5O3S/c1-16(2,3)14-18-19-15(25-14)17-11(22)8-21-13(24)10-7-5-4-6-9(10)12(23)20-21/h4-7H,8H2,1-3H3,(H,20,23)(H,17,19,22). The maximum absolute atomic E-state index is 12.4. The van der Waals surface area contributed by atoms with Crippen molar-refractivity contribution in [1.82, 2.24) is 20.0 Å². The minimum atomic E-state index is -0.468. The van der Waals surface area contributed by atoms with Gasteiger partial charge in [0.2, 0.25) is 11.0 Å². The van der Waals surface area contributed by atoms with Gasteiger partial charge in [0.15, 0.2) is 0 Å². The highest BCUT2D eigenvalue weighted by Crippen LogP contribution is 2.27. The molecule has 25 heavy (non-hydrogen) atoms. The van der Waals surface area contributed by atoms with Crippen LogP contribution in [-0.4, -0.2) is 25.9 Å². The van der Waals surface area contributed by atoms with Crippen molar-refractivity contribution >= 4 is 33.1 Å². The second-order valence-electron chi connectivity index (χ2n) is 6.59. The van der Waals surface area contributed by atoms with Crippen molar-refractivity contribution in [2.45, 2.75) is 32.7 Å². The molecule has 0 saturated carbocycles. The van der Waals surface area contributed by atoms with Crippen LogP contribution in [0, 0.1) is 0 Å². The molecule has 2 heterocycles. The first-order valence-electron chi connectivity index (χ1n) is 7.61. The Hall–Kier alpha value is -2.81. The number of fused-ring (bicyclic) bond motifs is 1. The summed E-state index contributed by atoms with van der Waals surface area (Å²) >= 11 is 1.28. The highest BCUT2D eigenvalue weighted by molar-refractivity contribution is 7.15. The molecule has 0 unspecified atom stereocenters. The number of aromatic amines is 1. The number of nitrogens with zero attached hydrogens (tertiary/aromatic N) is 3. The second kappa shape index (κ2) is 6.25. The van der Waals surface area contributed by atoms with Crippen LogP contribution in [0.15, 0.2) is 33.9 Å². The third kappa shape index (κ3) is 3.50. The van der Waals surface area contributed by atoms with E-state index in [0.29, 0.717) is 10.5 Å². The summed E-state index contributed by atoms with van der Waals surface area (Å²) < 4.78 is 0.992. The number of nitrogens with one attached hydrogen (secondary N) is 2. The van der Waals surface area contributed by atoms with Gasteiger partial charge in [-0.2, -0.15) is 0 Å². The quantitative estimate of drug-likeness (QED) is 0.736. The molecule has 3 rings (SSSR count). The fraction of sp³-hybridized carbons (Fsp3) is 0.312. The lowest BCUT2D eigenvalue weighted by Crippen LogP contribution is -2.34. The van der Waals surface area contributed by atoms with E-state index in [-0.39, 0.29) is 17.3 Å². The average molecular weight is 359 g/mol. The van der Waals surface area contributed by atoms with E-state index in [2.05, 4.69) is 20.6 Å². The lowest BCUT2D eigenvalue weighted by molar-refractivity contribution is -0.117. The van der Waals surface area contributed by atoms with Gasteiger partial charge in [-0.05, 0) is 12.1 Å². The van der Waals surface area contributed by atoms with Crippen molar-refractivity contribution < 1.29 is 4.79 Å². The summed E-state index contributed by atoms with van der Waals surface area (Å²) in [5, 5.41) is 14.7. The summed E-state index contributed by atoms with van der Waals surface area (Å²) in [6.45, 7) is 5.68. The van der Waals surface area contributed by atoms with Crippen LogP contribution in [0.2, 0.25) is 0 Å². The molecule has 0 radical (unpaired) electrons. The molecule has 8 nitrogen and oxygen atoms in total. The van der Waals surface area contributed by atoms with Crippen molar-refractivity contribution in [1.29, 1.82) is 0 Å². The molecule has 0 aliphatic carbocycles. The first-order chi connectivity index (χ1) is 11.8. The van der Waals surface area contributed by atoms with Crippen molar-refractivity contribution in [2.75, 3.05) is 5.32 Å². The number of aromatic nitrogens is 4. The number of carbonyl (C=O) groups excluding carboxylic acids is 1. The Labute approximate surface area is 146 Å². The van der Waals surface area contributed by atoms with E-state index in [9.17, 15) is 14.4 Å². The van der Waals surface area contributed by atoms with Crippen LogP contribution < -0.4 is 16.4 Å². The molecule has 0 aliphatic heterocycles. The first-order valence-corrected chi connectivity index (χ1v) is 8.43. The summed E-state index contributed by atoms with van der Waals surface area (Å²) in [7, 11) is 0. The lowest BCUT2D eigenvalue weighted by atomic mass is 9.98. The Balaban J connectivity index is 1.83.